The summed E-state index contributed by atoms with van der Waals surface area (Å²) in [5.74, 6) is 6.33. The van der Waals surface area contributed by atoms with Crippen molar-refractivity contribution in [3.05, 3.63) is 48.2 Å². The molecule has 0 radical (unpaired) electrons. The van der Waals surface area contributed by atoms with Gasteiger partial charge in [-0.05, 0) is 31.5 Å². The lowest BCUT2D eigenvalue weighted by Gasteiger charge is -2.09. The van der Waals surface area contributed by atoms with Crippen molar-refractivity contribution >= 4 is 11.0 Å². The lowest BCUT2D eigenvalue weighted by Crippen LogP contribution is -2.27. The Bertz CT molecular complexity index is 502. The molecule has 0 saturated carbocycles. The average molecular weight is 216 g/mol. The van der Waals surface area contributed by atoms with E-state index in [0.29, 0.717) is 0 Å². The molecule has 2 aromatic rings. The van der Waals surface area contributed by atoms with Crippen molar-refractivity contribution in [3.63, 3.8) is 0 Å². The molecule has 0 aliphatic carbocycles. The third-order valence-electron chi connectivity index (χ3n) is 2.64. The van der Waals surface area contributed by atoms with Crippen LogP contribution in [0.15, 0.2) is 41.3 Å². The maximum Gasteiger partial charge on any atom is 0.134 e. The van der Waals surface area contributed by atoms with Gasteiger partial charge in [0.15, 0.2) is 0 Å². The Kier molecular flexibility index (Phi) is 3.08. The molecule has 16 heavy (non-hydrogen) atoms. The van der Waals surface area contributed by atoms with Crippen LogP contribution in [0.5, 0.6) is 0 Å². The highest BCUT2D eigenvalue weighted by Gasteiger charge is 2.13. The van der Waals surface area contributed by atoms with E-state index in [1.54, 1.807) is 0 Å². The lowest BCUT2D eigenvalue weighted by atomic mass is 10.1. The summed E-state index contributed by atoms with van der Waals surface area (Å²) in [4.78, 5) is 0. The summed E-state index contributed by atoms with van der Waals surface area (Å²) < 4.78 is 5.74. The Morgan fingerprint density at radius 1 is 1.50 bits per heavy atom. The van der Waals surface area contributed by atoms with Crippen molar-refractivity contribution in [2.45, 2.75) is 19.4 Å². The number of fused-ring (bicyclic) bond motifs is 1. The van der Waals surface area contributed by atoms with E-state index in [1.807, 2.05) is 24.3 Å². The number of furan rings is 1. The maximum atomic E-state index is 5.74. The van der Waals surface area contributed by atoms with Gasteiger partial charge in [0.25, 0.3) is 0 Å². The molecule has 1 aromatic heterocycles. The minimum atomic E-state index is -0.00907. The van der Waals surface area contributed by atoms with Crippen LogP contribution in [-0.2, 0) is 0 Å². The van der Waals surface area contributed by atoms with Crippen LogP contribution in [0.4, 0.5) is 0 Å². The van der Waals surface area contributed by atoms with E-state index in [2.05, 4.69) is 25.0 Å². The number of benzene rings is 1. The Hall–Kier alpha value is -1.58. The normalized spacial score (nSPS) is 12.9. The molecule has 1 atom stereocenters. The topological polar surface area (TPSA) is 51.2 Å². The van der Waals surface area contributed by atoms with Crippen LogP contribution in [0, 0.1) is 6.92 Å². The molecule has 0 bridgehead atoms. The highest BCUT2D eigenvalue weighted by molar-refractivity contribution is 5.78. The van der Waals surface area contributed by atoms with E-state index in [4.69, 9.17) is 10.3 Å². The van der Waals surface area contributed by atoms with Gasteiger partial charge in [-0.3, -0.25) is 5.84 Å². The Morgan fingerprint density at radius 2 is 2.31 bits per heavy atom. The number of hydrogen-bond donors (Lipinski definition) is 2. The summed E-state index contributed by atoms with van der Waals surface area (Å²) in [6.45, 7) is 5.77. The molecule has 0 aliphatic rings. The first-order valence-corrected chi connectivity index (χ1v) is 5.31. The zero-order valence-electron chi connectivity index (χ0n) is 9.36. The molecule has 0 amide bonds. The van der Waals surface area contributed by atoms with Crippen molar-refractivity contribution in [2.24, 2.45) is 5.84 Å². The molecule has 2 rings (SSSR count). The van der Waals surface area contributed by atoms with Crippen molar-refractivity contribution in [3.8, 4) is 0 Å². The fourth-order valence-electron chi connectivity index (χ4n) is 1.79. The van der Waals surface area contributed by atoms with Crippen LogP contribution in [-0.4, -0.2) is 0 Å². The van der Waals surface area contributed by atoms with Gasteiger partial charge in [0.1, 0.15) is 11.3 Å². The summed E-state index contributed by atoms with van der Waals surface area (Å²) in [6.07, 6.45) is 2.57. The summed E-state index contributed by atoms with van der Waals surface area (Å²) in [7, 11) is 0. The second-order valence-corrected chi connectivity index (χ2v) is 3.93. The van der Waals surface area contributed by atoms with Crippen LogP contribution in [0.1, 0.15) is 23.8 Å². The second kappa shape index (κ2) is 4.51. The minimum absolute atomic E-state index is 0.00907. The molecular formula is C13H16N2O. The average Bonchev–Trinajstić information content (AvgIpc) is 2.68. The molecule has 1 heterocycles. The first kappa shape index (κ1) is 10.9. The number of nitrogens with one attached hydrogen (secondary N) is 1. The van der Waals surface area contributed by atoms with Gasteiger partial charge in [0.2, 0.25) is 0 Å². The fourth-order valence-corrected chi connectivity index (χ4v) is 1.79. The van der Waals surface area contributed by atoms with Crippen molar-refractivity contribution in [1.82, 2.24) is 5.43 Å². The molecule has 3 nitrogen and oxygen atoms in total. The summed E-state index contributed by atoms with van der Waals surface area (Å²) in [5.41, 5.74) is 4.85. The molecule has 1 aromatic carbocycles. The van der Waals surface area contributed by atoms with Crippen LogP contribution < -0.4 is 11.3 Å². The third-order valence-corrected chi connectivity index (χ3v) is 2.64. The largest absolute Gasteiger partial charge is 0.459 e. The van der Waals surface area contributed by atoms with Gasteiger partial charge in [-0.2, -0.15) is 0 Å². The highest BCUT2D eigenvalue weighted by atomic mass is 16.3. The number of nitrogens with two attached hydrogens (primary N) is 1. The number of aryl methyl sites for hydroxylation is 1. The number of hydrogen-bond acceptors (Lipinski definition) is 3. The zero-order valence-corrected chi connectivity index (χ0v) is 9.36. The molecular weight excluding hydrogens is 200 g/mol. The van der Waals surface area contributed by atoms with Gasteiger partial charge in [0.05, 0.1) is 6.04 Å². The molecule has 0 saturated heterocycles. The molecule has 3 heteroatoms. The minimum Gasteiger partial charge on any atom is -0.459 e. The predicted molar refractivity (Wildman–Crippen MR) is 65.8 cm³/mol. The highest BCUT2D eigenvalue weighted by Crippen LogP contribution is 2.26. The molecule has 0 fully saturated rings. The Labute approximate surface area is 94.9 Å². The number of rotatable bonds is 4. The van der Waals surface area contributed by atoms with E-state index >= 15 is 0 Å². The fraction of sp³-hybridized carbons (Fsp3) is 0.231. The quantitative estimate of drug-likeness (QED) is 0.469. The Balaban J connectivity index is 2.41. The molecule has 0 aliphatic heterocycles. The lowest BCUT2D eigenvalue weighted by molar-refractivity contribution is 0.439. The van der Waals surface area contributed by atoms with Crippen molar-refractivity contribution < 1.29 is 4.42 Å². The summed E-state index contributed by atoms with van der Waals surface area (Å²) in [5, 5.41) is 1.11. The monoisotopic (exact) mass is 216 g/mol. The van der Waals surface area contributed by atoms with Gasteiger partial charge in [0, 0.05) is 5.39 Å². The van der Waals surface area contributed by atoms with Crippen molar-refractivity contribution in [2.75, 3.05) is 0 Å². The van der Waals surface area contributed by atoms with E-state index in [0.717, 1.165) is 23.2 Å². The van der Waals surface area contributed by atoms with Gasteiger partial charge in [-0.25, -0.2) is 5.43 Å². The van der Waals surface area contributed by atoms with E-state index in [1.165, 1.54) is 5.56 Å². The van der Waals surface area contributed by atoms with Crippen LogP contribution in [0.25, 0.3) is 11.0 Å². The third kappa shape index (κ3) is 2.01. The SMILES string of the molecule is C=CCC(NN)c1cc2cc(C)ccc2o1. The van der Waals surface area contributed by atoms with Gasteiger partial charge < -0.3 is 4.42 Å². The molecule has 3 N–H and O–H groups in total. The molecule has 0 spiro atoms. The van der Waals surface area contributed by atoms with E-state index in [9.17, 15) is 0 Å². The molecule has 84 valence electrons. The van der Waals surface area contributed by atoms with Crippen molar-refractivity contribution in [1.29, 1.82) is 0 Å². The maximum absolute atomic E-state index is 5.74. The summed E-state index contributed by atoms with van der Waals surface area (Å²) >= 11 is 0. The van der Waals surface area contributed by atoms with E-state index in [-0.39, 0.29) is 6.04 Å². The Morgan fingerprint density at radius 3 is 3.00 bits per heavy atom. The van der Waals surface area contributed by atoms with Crippen LogP contribution in [0.2, 0.25) is 0 Å². The first-order valence-electron chi connectivity index (χ1n) is 5.31. The van der Waals surface area contributed by atoms with Crippen LogP contribution in [0.3, 0.4) is 0 Å². The smallest absolute Gasteiger partial charge is 0.134 e. The van der Waals surface area contributed by atoms with Gasteiger partial charge in [-0.1, -0.05) is 17.7 Å². The standard InChI is InChI=1S/C13H16N2O/c1-3-4-11(15-14)13-8-10-7-9(2)5-6-12(10)16-13/h3,5-8,11,15H,1,4,14H2,2H3. The number of hydrazine groups is 1. The van der Waals surface area contributed by atoms with Gasteiger partial charge >= 0.3 is 0 Å². The first-order chi connectivity index (χ1) is 7.74. The van der Waals surface area contributed by atoms with Crippen LogP contribution >= 0.6 is 0 Å². The summed E-state index contributed by atoms with van der Waals surface area (Å²) in [6, 6.07) is 8.13. The second-order valence-electron chi connectivity index (χ2n) is 3.93. The zero-order chi connectivity index (χ0) is 11.5. The van der Waals surface area contributed by atoms with E-state index < -0.39 is 0 Å². The predicted octanol–water partition coefficient (Wildman–Crippen LogP) is 2.82. The molecule has 1 unspecified atom stereocenters. The van der Waals surface area contributed by atoms with Gasteiger partial charge in [-0.15, -0.1) is 6.58 Å².